The lowest BCUT2D eigenvalue weighted by Gasteiger charge is -2.33. The molecule has 2 aliphatic heterocycles. The second-order valence-electron chi connectivity index (χ2n) is 7.18. The van der Waals surface area contributed by atoms with Crippen molar-refractivity contribution in [2.45, 2.75) is 52.0 Å². The lowest BCUT2D eigenvalue weighted by molar-refractivity contribution is -0.153. The maximum Gasteiger partial charge on any atom is 0.329 e. The lowest BCUT2D eigenvalue weighted by atomic mass is 9.98. The Hall–Kier alpha value is -2.70. The number of carboxylic acids is 1. The number of likely N-dealkylation sites (tertiary alicyclic amines) is 1. The number of carbonyl (C=O) groups is 3. The standard InChI is InChI=1S/C19H23N3O4/c1-12-5-6-13(2)15(11-12)22-16(23)8-7-14(20-22)17(24)21-10-4-9-19(21,3)18(25)26/h5-6,11H,4,7-10H2,1-3H3,(H,25,26). The number of carbonyl (C=O) groups excluding carboxylic acids is 2. The molecule has 1 fully saturated rings. The van der Waals surface area contributed by atoms with E-state index in [4.69, 9.17) is 0 Å². The molecule has 1 N–H and O–H groups in total. The summed E-state index contributed by atoms with van der Waals surface area (Å²) in [6.45, 7) is 5.76. The first-order valence-corrected chi connectivity index (χ1v) is 8.77. The van der Waals surface area contributed by atoms with E-state index in [2.05, 4.69) is 5.10 Å². The summed E-state index contributed by atoms with van der Waals surface area (Å²) in [4.78, 5) is 38.4. The predicted octanol–water partition coefficient (Wildman–Crippen LogP) is 2.25. The molecule has 1 aromatic rings. The van der Waals surface area contributed by atoms with Gasteiger partial charge < -0.3 is 10.0 Å². The summed E-state index contributed by atoms with van der Waals surface area (Å²) in [6, 6.07) is 5.72. The lowest BCUT2D eigenvalue weighted by Crippen LogP contribution is -2.53. The monoisotopic (exact) mass is 357 g/mol. The van der Waals surface area contributed by atoms with Crippen LogP contribution < -0.4 is 5.01 Å². The molecule has 2 amide bonds. The number of aryl methyl sites for hydroxylation is 2. The Bertz CT molecular complexity index is 817. The number of rotatable bonds is 3. The van der Waals surface area contributed by atoms with E-state index in [1.165, 1.54) is 9.91 Å². The summed E-state index contributed by atoms with van der Waals surface area (Å²) >= 11 is 0. The van der Waals surface area contributed by atoms with E-state index in [1.54, 1.807) is 6.92 Å². The molecule has 1 unspecified atom stereocenters. The minimum atomic E-state index is -1.22. The zero-order valence-corrected chi connectivity index (χ0v) is 15.3. The average molecular weight is 357 g/mol. The fourth-order valence-electron chi connectivity index (χ4n) is 3.51. The topological polar surface area (TPSA) is 90.3 Å². The highest BCUT2D eigenvalue weighted by atomic mass is 16.4. The summed E-state index contributed by atoms with van der Waals surface area (Å²) in [5.74, 6) is -1.57. The van der Waals surface area contributed by atoms with Gasteiger partial charge >= 0.3 is 5.97 Å². The number of nitrogens with zero attached hydrogens (tertiary/aromatic N) is 3. The summed E-state index contributed by atoms with van der Waals surface area (Å²) in [7, 11) is 0. The van der Waals surface area contributed by atoms with Crippen LogP contribution in [-0.2, 0) is 14.4 Å². The van der Waals surface area contributed by atoms with Gasteiger partial charge in [0, 0.05) is 19.4 Å². The van der Waals surface area contributed by atoms with Crippen LogP contribution in [0.1, 0.15) is 43.7 Å². The molecule has 1 saturated heterocycles. The molecule has 0 aromatic heterocycles. The first-order valence-electron chi connectivity index (χ1n) is 8.77. The Balaban J connectivity index is 1.95. The summed E-state index contributed by atoms with van der Waals surface area (Å²) < 4.78 is 0. The van der Waals surface area contributed by atoms with Crippen LogP contribution in [0.3, 0.4) is 0 Å². The van der Waals surface area contributed by atoms with Crippen LogP contribution in [0, 0.1) is 13.8 Å². The molecule has 1 atom stereocenters. The van der Waals surface area contributed by atoms with Crippen molar-refractivity contribution in [1.29, 1.82) is 0 Å². The fraction of sp³-hybridized carbons (Fsp3) is 0.474. The van der Waals surface area contributed by atoms with Gasteiger partial charge in [0.05, 0.1) is 5.69 Å². The SMILES string of the molecule is Cc1ccc(C)c(N2N=C(C(=O)N3CCCC3(C)C(=O)O)CCC2=O)c1. The van der Waals surface area contributed by atoms with E-state index < -0.39 is 17.4 Å². The van der Waals surface area contributed by atoms with Crippen LogP contribution in [0.15, 0.2) is 23.3 Å². The van der Waals surface area contributed by atoms with Crippen LogP contribution >= 0.6 is 0 Å². The fourth-order valence-corrected chi connectivity index (χ4v) is 3.51. The van der Waals surface area contributed by atoms with Gasteiger partial charge in [0.1, 0.15) is 11.3 Å². The van der Waals surface area contributed by atoms with Gasteiger partial charge in [-0.3, -0.25) is 9.59 Å². The highest BCUT2D eigenvalue weighted by molar-refractivity contribution is 6.40. The number of hydrogen-bond donors (Lipinski definition) is 1. The van der Waals surface area contributed by atoms with Crippen LogP contribution in [0.4, 0.5) is 5.69 Å². The Labute approximate surface area is 152 Å². The third kappa shape index (κ3) is 2.98. The maximum atomic E-state index is 12.9. The molecule has 1 aromatic carbocycles. The summed E-state index contributed by atoms with van der Waals surface area (Å²) in [5.41, 5.74) is 1.55. The molecule has 7 heteroatoms. The molecular formula is C19H23N3O4. The van der Waals surface area contributed by atoms with Crippen molar-refractivity contribution in [2.75, 3.05) is 11.6 Å². The number of amides is 2. The van der Waals surface area contributed by atoms with Gasteiger partial charge in [0.15, 0.2) is 0 Å². The molecule has 2 heterocycles. The van der Waals surface area contributed by atoms with Gasteiger partial charge in [-0.1, -0.05) is 12.1 Å². The van der Waals surface area contributed by atoms with E-state index in [-0.39, 0.29) is 24.5 Å². The highest BCUT2D eigenvalue weighted by Gasteiger charge is 2.47. The van der Waals surface area contributed by atoms with E-state index in [0.29, 0.717) is 25.1 Å². The first kappa shape index (κ1) is 18.1. The average Bonchev–Trinajstić information content (AvgIpc) is 3.00. The quantitative estimate of drug-likeness (QED) is 0.898. The first-order chi connectivity index (χ1) is 12.2. The minimum Gasteiger partial charge on any atom is -0.480 e. The zero-order chi connectivity index (χ0) is 19.1. The van der Waals surface area contributed by atoms with E-state index in [0.717, 1.165) is 11.1 Å². The smallest absolute Gasteiger partial charge is 0.329 e. The summed E-state index contributed by atoms with van der Waals surface area (Å²) in [5, 5.41) is 15.1. The van der Waals surface area contributed by atoms with Crippen molar-refractivity contribution in [2.24, 2.45) is 5.10 Å². The van der Waals surface area contributed by atoms with Crippen molar-refractivity contribution in [3.05, 3.63) is 29.3 Å². The molecule has 7 nitrogen and oxygen atoms in total. The van der Waals surface area contributed by atoms with Gasteiger partial charge in [0.2, 0.25) is 5.91 Å². The van der Waals surface area contributed by atoms with Crippen molar-refractivity contribution in [1.82, 2.24) is 4.90 Å². The van der Waals surface area contributed by atoms with Crippen molar-refractivity contribution < 1.29 is 19.5 Å². The van der Waals surface area contributed by atoms with E-state index >= 15 is 0 Å². The van der Waals surface area contributed by atoms with Crippen LogP contribution in [-0.4, -0.2) is 45.6 Å². The molecule has 2 aliphatic rings. The van der Waals surface area contributed by atoms with Crippen molar-refractivity contribution in [3.63, 3.8) is 0 Å². The molecule has 0 saturated carbocycles. The second-order valence-corrected chi connectivity index (χ2v) is 7.18. The predicted molar refractivity (Wildman–Crippen MR) is 97.1 cm³/mol. The third-order valence-corrected chi connectivity index (χ3v) is 5.22. The molecule has 138 valence electrons. The molecule has 0 spiro atoms. The van der Waals surface area contributed by atoms with Gasteiger partial charge in [0.25, 0.3) is 5.91 Å². The van der Waals surface area contributed by atoms with Gasteiger partial charge in [-0.15, -0.1) is 0 Å². The van der Waals surface area contributed by atoms with E-state index in [1.807, 2.05) is 32.0 Å². The van der Waals surface area contributed by atoms with E-state index in [9.17, 15) is 19.5 Å². The summed E-state index contributed by atoms with van der Waals surface area (Å²) in [6.07, 6.45) is 1.46. The minimum absolute atomic E-state index is 0.169. The normalized spacial score (nSPS) is 23.2. The molecule has 0 bridgehead atoms. The van der Waals surface area contributed by atoms with Crippen molar-refractivity contribution >= 4 is 29.2 Å². The van der Waals surface area contributed by atoms with Crippen molar-refractivity contribution in [3.8, 4) is 0 Å². The van der Waals surface area contributed by atoms with Crippen LogP contribution in [0.5, 0.6) is 0 Å². The molecule has 3 rings (SSSR count). The third-order valence-electron chi connectivity index (χ3n) is 5.22. The number of aliphatic carboxylic acids is 1. The van der Waals surface area contributed by atoms with Gasteiger partial charge in [-0.25, -0.2) is 9.80 Å². The Morgan fingerprint density at radius 1 is 1.23 bits per heavy atom. The largest absolute Gasteiger partial charge is 0.480 e. The molecular weight excluding hydrogens is 334 g/mol. The second kappa shape index (κ2) is 6.55. The molecule has 0 radical (unpaired) electrons. The Morgan fingerprint density at radius 2 is 1.96 bits per heavy atom. The van der Waals surface area contributed by atoms with Gasteiger partial charge in [-0.05, 0) is 50.8 Å². The zero-order valence-electron chi connectivity index (χ0n) is 15.3. The Kier molecular flexibility index (Phi) is 4.56. The van der Waals surface area contributed by atoms with Crippen LogP contribution in [0.2, 0.25) is 0 Å². The maximum absolute atomic E-state index is 12.9. The van der Waals surface area contributed by atoms with Gasteiger partial charge in [-0.2, -0.15) is 5.10 Å². The number of hydrogen-bond acceptors (Lipinski definition) is 4. The number of anilines is 1. The van der Waals surface area contributed by atoms with Crippen LogP contribution in [0.25, 0.3) is 0 Å². The number of benzene rings is 1. The number of hydrazone groups is 1. The molecule has 0 aliphatic carbocycles. The Morgan fingerprint density at radius 3 is 2.65 bits per heavy atom. The number of carboxylic acid groups (broad SMARTS) is 1. The highest BCUT2D eigenvalue weighted by Crippen LogP contribution is 2.31. The molecule has 26 heavy (non-hydrogen) atoms.